The standard InChI is InChI=1S/C19H15ClN6O4/c20-15-3-1-2-14-16(22-29)19(28)26(17(14)15)10-13-9-25(24-21-13)8-11-4-6-12(7-5-11)18(27)23-30/h1-7,9,28,30H,8,10H2,(H,23,27). The molecule has 0 aliphatic carbocycles. The smallest absolute Gasteiger partial charge is 0.274 e. The highest BCUT2D eigenvalue weighted by molar-refractivity contribution is 6.35. The lowest BCUT2D eigenvalue weighted by molar-refractivity contribution is 0.0706. The van der Waals surface area contributed by atoms with Gasteiger partial charge >= 0.3 is 0 Å². The first-order valence-electron chi connectivity index (χ1n) is 8.77. The van der Waals surface area contributed by atoms with Crippen molar-refractivity contribution >= 4 is 34.1 Å². The Kier molecular flexibility index (Phi) is 5.17. The third-order valence-electron chi connectivity index (χ3n) is 4.64. The monoisotopic (exact) mass is 426 g/mol. The Bertz CT molecular complexity index is 1250. The summed E-state index contributed by atoms with van der Waals surface area (Å²) in [7, 11) is 0. The second-order valence-electron chi connectivity index (χ2n) is 6.53. The zero-order valence-electron chi connectivity index (χ0n) is 15.4. The number of benzene rings is 2. The van der Waals surface area contributed by atoms with Gasteiger partial charge in [0.25, 0.3) is 5.91 Å². The van der Waals surface area contributed by atoms with Gasteiger partial charge in [-0.15, -0.1) is 10.0 Å². The van der Waals surface area contributed by atoms with Gasteiger partial charge in [-0.2, -0.15) is 0 Å². The molecule has 3 N–H and O–H groups in total. The Morgan fingerprint density at radius 1 is 1.17 bits per heavy atom. The zero-order valence-corrected chi connectivity index (χ0v) is 16.1. The van der Waals surface area contributed by atoms with Crippen molar-refractivity contribution in [1.29, 1.82) is 0 Å². The minimum atomic E-state index is -0.591. The van der Waals surface area contributed by atoms with Crippen molar-refractivity contribution in [3.63, 3.8) is 0 Å². The highest BCUT2D eigenvalue weighted by atomic mass is 35.5. The Balaban J connectivity index is 1.58. The van der Waals surface area contributed by atoms with Gasteiger partial charge in [-0.05, 0) is 28.9 Å². The first-order valence-corrected chi connectivity index (χ1v) is 9.15. The van der Waals surface area contributed by atoms with Crippen LogP contribution in [0.1, 0.15) is 21.6 Å². The number of aromatic nitrogens is 4. The van der Waals surface area contributed by atoms with Crippen molar-refractivity contribution < 1.29 is 15.1 Å². The van der Waals surface area contributed by atoms with E-state index in [1.807, 2.05) is 0 Å². The molecule has 0 saturated carbocycles. The van der Waals surface area contributed by atoms with Crippen LogP contribution in [0.2, 0.25) is 5.02 Å². The summed E-state index contributed by atoms with van der Waals surface area (Å²) >= 11 is 6.27. The Labute approximate surface area is 174 Å². The summed E-state index contributed by atoms with van der Waals surface area (Å²) in [5.74, 6) is -0.883. The Hall–Kier alpha value is -3.76. The maximum Gasteiger partial charge on any atom is 0.274 e. The maximum absolute atomic E-state index is 11.4. The number of aromatic hydroxyl groups is 1. The summed E-state index contributed by atoms with van der Waals surface area (Å²) in [6.07, 6.45) is 1.70. The number of hydrogen-bond acceptors (Lipinski definition) is 7. The van der Waals surface area contributed by atoms with Crippen molar-refractivity contribution in [2.75, 3.05) is 0 Å². The summed E-state index contributed by atoms with van der Waals surface area (Å²) in [5, 5.41) is 31.0. The number of nitroso groups, excluding NO2 is 1. The van der Waals surface area contributed by atoms with Crippen molar-refractivity contribution in [3.05, 3.63) is 75.4 Å². The van der Waals surface area contributed by atoms with Crippen LogP contribution < -0.4 is 5.48 Å². The zero-order chi connectivity index (χ0) is 21.3. The molecular weight excluding hydrogens is 412 g/mol. The first-order chi connectivity index (χ1) is 14.5. The van der Waals surface area contributed by atoms with Gasteiger partial charge in [0.1, 0.15) is 5.69 Å². The molecule has 2 aromatic heterocycles. The van der Waals surface area contributed by atoms with E-state index < -0.39 is 5.91 Å². The predicted molar refractivity (Wildman–Crippen MR) is 108 cm³/mol. The lowest BCUT2D eigenvalue weighted by Crippen LogP contribution is -2.18. The summed E-state index contributed by atoms with van der Waals surface area (Å²) in [5.41, 5.74) is 3.72. The highest BCUT2D eigenvalue weighted by Gasteiger charge is 2.20. The molecule has 10 nitrogen and oxygen atoms in total. The summed E-state index contributed by atoms with van der Waals surface area (Å²) < 4.78 is 3.06. The number of amides is 1. The highest BCUT2D eigenvalue weighted by Crippen LogP contribution is 2.41. The molecule has 0 atom stereocenters. The summed E-state index contributed by atoms with van der Waals surface area (Å²) in [6.45, 7) is 0.533. The van der Waals surface area contributed by atoms with Crippen molar-refractivity contribution in [2.45, 2.75) is 13.1 Å². The second kappa shape index (κ2) is 7.93. The molecule has 30 heavy (non-hydrogen) atoms. The molecule has 1 amide bonds. The van der Waals surface area contributed by atoms with Crippen molar-refractivity contribution in [3.8, 4) is 5.88 Å². The number of nitrogens with one attached hydrogen (secondary N) is 1. The van der Waals surface area contributed by atoms with Crippen LogP contribution in [0.25, 0.3) is 10.9 Å². The number of carbonyl (C=O) groups excluding carboxylic acids is 1. The van der Waals surface area contributed by atoms with Gasteiger partial charge in [0.05, 0.1) is 29.8 Å². The molecule has 11 heteroatoms. The van der Waals surface area contributed by atoms with E-state index in [2.05, 4.69) is 15.5 Å². The van der Waals surface area contributed by atoms with Gasteiger partial charge in [0, 0.05) is 10.9 Å². The van der Waals surface area contributed by atoms with E-state index >= 15 is 0 Å². The number of hydroxylamine groups is 1. The molecule has 4 aromatic rings. The predicted octanol–water partition coefficient (Wildman–Crippen LogP) is 3.21. The van der Waals surface area contributed by atoms with Crippen LogP contribution in [0.5, 0.6) is 5.88 Å². The van der Waals surface area contributed by atoms with Gasteiger partial charge < -0.3 is 9.67 Å². The molecule has 0 aliphatic heterocycles. The average Bonchev–Trinajstić information content (AvgIpc) is 3.30. The molecule has 152 valence electrons. The molecule has 4 rings (SSSR count). The molecular formula is C19H15ClN6O4. The maximum atomic E-state index is 11.4. The first kappa shape index (κ1) is 19.6. The minimum absolute atomic E-state index is 0.0769. The summed E-state index contributed by atoms with van der Waals surface area (Å²) in [4.78, 5) is 22.6. The number of fused-ring (bicyclic) bond motifs is 1. The third-order valence-corrected chi connectivity index (χ3v) is 4.94. The molecule has 0 unspecified atom stereocenters. The largest absolute Gasteiger partial charge is 0.493 e. The summed E-state index contributed by atoms with van der Waals surface area (Å²) in [6, 6.07) is 11.6. The molecule has 0 saturated heterocycles. The van der Waals surface area contributed by atoms with Crippen LogP contribution >= 0.6 is 11.6 Å². The van der Waals surface area contributed by atoms with E-state index in [1.54, 1.807) is 58.8 Å². The van der Waals surface area contributed by atoms with E-state index in [9.17, 15) is 14.8 Å². The van der Waals surface area contributed by atoms with Crippen molar-refractivity contribution in [2.24, 2.45) is 5.18 Å². The Morgan fingerprint density at radius 2 is 1.93 bits per heavy atom. The molecule has 0 radical (unpaired) electrons. The average molecular weight is 427 g/mol. The second-order valence-corrected chi connectivity index (χ2v) is 6.94. The van der Waals surface area contributed by atoms with Gasteiger partial charge in [0.15, 0.2) is 5.69 Å². The minimum Gasteiger partial charge on any atom is -0.493 e. The number of nitrogens with zero attached hydrogens (tertiary/aromatic N) is 5. The van der Waals surface area contributed by atoms with Gasteiger partial charge in [-0.1, -0.05) is 41.1 Å². The normalized spacial score (nSPS) is 11.0. The topological polar surface area (TPSA) is 135 Å². The lowest BCUT2D eigenvalue weighted by atomic mass is 10.1. The molecule has 0 aliphatic rings. The number of hydrogen-bond donors (Lipinski definition) is 3. The van der Waals surface area contributed by atoms with Crippen molar-refractivity contribution in [1.82, 2.24) is 25.0 Å². The van der Waals surface area contributed by atoms with E-state index in [-0.39, 0.29) is 18.1 Å². The van der Waals surface area contributed by atoms with E-state index in [0.717, 1.165) is 5.56 Å². The molecule has 2 aromatic carbocycles. The third kappa shape index (κ3) is 3.49. The van der Waals surface area contributed by atoms with E-state index in [4.69, 9.17) is 16.8 Å². The fourth-order valence-electron chi connectivity index (χ4n) is 3.24. The number of para-hydroxylation sites is 1. The number of halogens is 1. The van der Waals surface area contributed by atoms with Crippen LogP contribution in [0, 0.1) is 4.91 Å². The van der Waals surface area contributed by atoms with E-state index in [0.29, 0.717) is 33.7 Å². The Morgan fingerprint density at radius 3 is 2.63 bits per heavy atom. The quantitative estimate of drug-likeness (QED) is 0.246. The van der Waals surface area contributed by atoms with Crippen LogP contribution in [0.4, 0.5) is 5.69 Å². The lowest BCUT2D eigenvalue weighted by Gasteiger charge is -2.05. The number of carbonyl (C=O) groups is 1. The number of rotatable bonds is 6. The van der Waals surface area contributed by atoms with Crippen LogP contribution in [-0.4, -0.2) is 35.8 Å². The van der Waals surface area contributed by atoms with Crippen LogP contribution in [0.15, 0.2) is 53.8 Å². The SMILES string of the molecule is O=Nc1c(O)n(Cc2cn(Cc3ccc(C(=O)NO)cc3)nn2)c2c(Cl)cccc12. The molecule has 2 heterocycles. The molecule has 0 fully saturated rings. The van der Waals surface area contributed by atoms with Crippen LogP contribution in [0.3, 0.4) is 0 Å². The fourth-order valence-corrected chi connectivity index (χ4v) is 3.52. The molecule has 0 bridgehead atoms. The molecule has 0 spiro atoms. The van der Waals surface area contributed by atoms with Gasteiger partial charge in [0.2, 0.25) is 5.88 Å². The fraction of sp³-hybridized carbons (Fsp3) is 0.105. The van der Waals surface area contributed by atoms with Gasteiger partial charge in [-0.25, -0.2) is 10.2 Å². The van der Waals surface area contributed by atoms with Gasteiger partial charge in [-0.3, -0.25) is 10.0 Å². The van der Waals surface area contributed by atoms with Crippen LogP contribution in [-0.2, 0) is 13.1 Å². The van der Waals surface area contributed by atoms with E-state index in [1.165, 1.54) is 4.57 Å².